The van der Waals surface area contributed by atoms with Crippen LogP contribution in [0.1, 0.15) is 34.8 Å². The summed E-state index contributed by atoms with van der Waals surface area (Å²) in [6, 6.07) is 19.9. The third-order valence-electron chi connectivity index (χ3n) is 4.09. The van der Waals surface area contributed by atoms with Crippen LogP contribution < -0.4 is 5.43 Å². The highest BCUT2D eigenvalue weighted by atomic mass is 32.1. The van der Waals surface area contributed by atoms with Crippen LogP contribution in [0.5, 0.6) is 0 Å². The summed E-state index contributed by atoms with van der Waals surface area (Å²) in [5.74, 6) is -0.234. The van der Waals surface area contributed by atoms with Crippen molar-refractivity contribution in [3.63, 3.8) is 0 Å². The van der Waals surface area contributed by atoms with Gasteiger partial charge in [-0.2, -0.15) is 5.10 Å². The van der Waals surface area contributed by atoms with Gasteiger partial charge in [0.25, 0.3) is 5.91 Å². The Balaban J connectivity index is 1.72. The van der Waals surface area contributed by atoms with Crippen LogP contribution in [0.3, 0.4) is 0 Å². The van der Waals surface area contributed by atoms with Gasteiger partial charge in [-0.25, -0.2) is 10.4 Å². The van der Waals surface area contributed by atoms with Gasteiger partial charge in [0.2, 0.25) is 0 Å². The Hall–Kier alpha value is -2.79. The fourth-order valence-corrected chi connectivity index (χ4v) is 3.52. The van der Waals surface area contributed by atoms with Crippen LogP contribution in [0.4, 0.5) is 0 Å². The molecular weight excluding hydrogens is 342 g/mol. The van der Waals surface area contributed by atoms with Gasteiger partial charge in [0, 0.05) is 17.2 Å². The van der Waals surface area contributed by atoms with Crippen molar-refractivity contribution in [1.82, 2.24) is 10.4 Å². The smallest absolute Gasteiger partial charge is 0.266 e. The van der Waals surface area contributed by atoms with Crippen molar-refractivity contribution in [2.75, 3.05) is 0 Å². The number of carbonyl (C=O) groups excluding carboxylic acids is 1. The first kappa shape index (κ1) is 18.0. The minimum absolute atomic E-state index is 0.234. The SMILES string of the molecule is Cc1nc(-c2ccccc2)sc1C(=O)N/N=C/C(C)(C)c1ccccc1. The predicted molar refractivity (Wildman–Crippen MR) is 108 cm³/mol. The number of carbonyl (C=O) groups is 1. The zero-order valence-corrected chi connectivity index (χ0v) is 15.9. The molecular formula is C21H21N3OS. The van der Waals surface area contributed by atoms with Crippen LogP contribution in [0.15, 0.2) is 65.8 Å². The number of nitrogens with zero attached hydrogens (tertiary/aromatic N) is 2. The highest BCUT2D eigenvalue weighted by Gasteiger charge is 2.19. The molecule has 3 rings (SSSR count). The minimum atomic E-state index is -0.271. The van der Waals surface area contributed by atoms with E-state index in [9.17, 15) is 4.79 Å². The average Bonchev–Trinajstić information content (AvgIpc) is 3.05. The fourth-order valence-electron chi connectivity index (χ4n) is 2.56. The highest BCUT2D eigenvalue weighted by Crippen LogP contribution is 2.27. The number of hydrogen-bond acceptors (Lipinski definition) is 4. The van der Waals surface area contributed by atoms with Gasteiger partial charge in [-0.1, -0.05) is 74.5 Å². The van der Waals surface area contributed by atoms with Crippen LogP contribution in [0, 0.1) is 6.92 Å². The van der Waals surface area contributed by atoms with Gasteiger partial charge in [0.15, 0.2) is 0 Å². The molecule has 1 aromatic heterocycles. The van der Waals surface area contributed by atoms with Crippen molar-refractivity contribution in [2.24, 2.45) is 5.10 Å². The van der Waals surface area contributed by atoms with Crippen molar-refractivity contribution < 1.29 is 4.79 Å². The molecule has 1 amide bonds. The maximum atomic E-state index is 12.5. The number of aryl methyl sites for hydroxylation is 1. The van der Waals surface area contributed by atoms with E-state index in [4.69, 9.17) is 0 Å². The number of rotatable bonds is 5. The number of aromatic nitrogens is 1. The molecule has 0 radical (unpaired) electrons. The molecule has 0 unspecified atom stereocenters. The van der Waals surface area contributed by atoms with Crippen molar-refractivity contribution in [1.29, 1.82) is 0 Å². The number of hydrogen-bond donors (Lipinski definition) is 1. The minimum Gasteiger partial charge on any atom is -0.266 e. The third-order valence-corrected chi connectivity index (χ3v) is 5.30. The molecule has 3 aromatic rings. The Morgan fingerprint density at radius 1 is 1.08 bits per heavy atom. The molecule has 0 bridgehead atoms. The molecule has 0 fully saturated rings. The zero-order valence-electron chi connectivity index (χ0n) is 15.1. The lowest BCUT2D eigenvalue weighted by Gasteiger charge is -2.19. The largest absolute Gasteiger partial charge is 0.283 e. The number of amides is 1. The Labute approximate surface area is 157 Å². The molecule has 0 saturated heterocycles. The molecule has 1 N–H and O–H groups in total. The van der Waals surface area contributed by atoms with Crippen LogP contribution in [-0.4, -0.2) is 17.1 Å². The lowest BCUT2D eigenvalue weighted by molar-refractivity contribution is 0.0958. The van der Waals surface area contributed by atoms with Gasteiger partial charge in [-0.05, 0) is 12.5 Å². The van der Waals surface area contributed by atoms with E-state index in [0.29, 0.717) is 10.6 Å². The summed E-state index contributed by atoms with van der Waals surface area (Å²) in [6.45, 7) is 5.96. The maximum Gasteiger partial charge on any atom is 0.283 e. The predicted octanol–water partition coefficient (Wildman–Crippen LogP) is 4.81. The lowest BCUT2D eigenvalue weighted by atomic mass is 9.86. The van der Waals surface area contributed by atoms with Gasteiger partial charge in [0.1, 0.15) is 9.88 Å². The second kappa shape index (κ2) is 7.62. The molecule has 2 aromatic carbocycles. The first-order chi connectivity index (χ1) is 12.5. The molecule has 5 heteroatoms. The van der Waals surface area contributed by atoms with E-state index >= 15 is 0 Å². The molecule has 0 spiro atoms. The first-order valence-corrected chi connectivity index (χ1v) is 9.22. The van der Waals surface area contributed by atoms with Crippen LogP contribution in [-0.2, 0) is 5.41 Å². The maximum absolute atomic E-state index is 12.5. The number of nitrogens with one attached hydrogen (secondary N) is 1. The highest BCUT2D eigenvalue weighted by molar-refractivity contribution is 7.17. The monoisotopic (exact) mass is 363 g/mol. The van der Waals surface area contributed by atoms with E-state index in [2.05, 4.69) is 29.4 Å². The molecule has 26 heavy (non-hydrogen) atoms. The van der Waals surface area contributed by atoms with E-state index in [1.165, 1.54) is 11.3 Å². The Kier molecular flexibility index (Phi) is 5.28. The summed E-state index contributed by atoms with van der Waals surface area (Å²) in [5.41, 5.74) is 5.22. The number of thiazole rings is 1. The first-order valence-electron chi connectivity index (χ1n) is 8.40. The number of hydrazone groups is 1. The van der Waals surface area contributed by atoms with Gasteiger partial charge >= 0.3 is 0 Å². The summed E-state index contributed by atoms with van der Waals surface area (Å²) in [6.07, 6.45) is 1.76. The molecule has 0 saturated carbocycles. The van der Waals surface area contributed by atoms with Crippen molar-refractivity contribution in [2.45, 2.75) is 26.2 Å². The summed E-state index contributed by atoms with van der Waals surface area (Å²) < 4.78 is 0. The van der Waals surface area contributed by atoms with E-state index < -0.39 is 0 Å². The van der Waals surface area contributed by atoms with Crippen LogP contribution in [0.25, 0.3) is 10.6 Å². The van der Waals surface area contributed by atoms with Gasteiger partial charge in [-0.15, -0.1) is 11.3 Å². The number of benzene rings is 2. The molecule has 4 nitrogen and oxygen atoms in total. The van der Waals surface area contributed by atoms with Crippen LogP contribution >= 0.6 is 11.3 Å². The normalized spacial score (nSPS) is 11.7. The Morgan fingerprint density at radius 3 is 2.35 bits per heavy atom. The van der Waals surface area contributed by atoms with Crippen LogP contribution in [0.2, 0.25) is 0 Å². The molecule has 0 aliphatic carbocycles. The quantitative estimate of drug-likeness (QED) is 0.522. The molecule has 1 heterocycles. The van der Waals surface area contributed by atoms with Crippen molar-refractivity contribution >= 4 is 23.5 Å². The summed E-state index contributed by atoms with van der Waals surface area (Å²) >= 11 is 1.38. The molecule has 0 aliphatic rings. The third kappa shape index (κ3) is 4.06. The average molecular weight is 363 g/mol. The Bertz CT molecular complexity index is 915. The second-order valence-corrected chi connectivity index (χ2v) is 7.59. The summed E-state index contributed by atoms with van der Waals surface area (Å²) in [4.78, 5) is 17.6. The van der Waals surface area contributed by atoms with E-state index in [1.807, 2.05) is 67.6 Å². The van der Waals surface area contributed by atoms with Gasteiger partial charge in [-0.3, -0.25) is 4.79 Å². The van der Waals surface area contributed by atoms with E-state index in [1.54, 1.807) is 6.21 Å². The lowest BCUT2D eigenvalue weighted by Crippen LogP contribution is -2.23. The van der Waals surface area contributed by atoms with E-state index in [0.717, 1.165) is 16.1 Å². The van der Waals surface area contributed by atoms with Gasteiger partial charge < -0.3 is 0 Å². The Morgan fingerprint density at radius 2 is 1.69 bits per heavy atom. The molecule has 0 atom stereocenters. The topological polar surface area (TPSA) is 54.4 Å². The van der Waals surface area contributed by atoms with Crippen molar-refractivity contribution in [3.8, 4) is 10.6 Å². The summed E-state index contributed by atoms with van der Waals surface area (Å²) in [5, 5.41) is 5.01. The fraction of sp³-hybridized carbons (Fsp3) is 0.190. The van der Waals surface area contributed by atoms with Crippen molar-refractivity contribution in [3.05, 3.63) is 76.8 Å². The van der Waals surface area contributed by atoms with Gasteiger partial charge in [0.05, 0.1) is 5.69 Å². The zero-order chi connectivity index (χ0) is 18.6. The second-order valence-electron chi connectivity index (χ2n) is 6.59. The standard InChI is InChI=1S/C21H21N3OS/c1-15-18(26-20(23-15)16-10-6-4-7-11-16)19(25)24-22-14-21(2,3)17-12-8-5-9-13-17/h4-14H,1-3H3,(H,24,25)/b22-14+. The molecule has 132 valence electrons. The van der Waals surface area contributed by atoms with E-state index in [-0.39, 0.29) is 11.3 Å². The molecule has 0 aliphatic heterocycles. The summed E-state index contributed by atoms with van der Waals surface area (Å²) in [7, 11) is 0.